The van der Waals surface area contributed by atoms with Gasteiger partial charge in [-0.3, -0.25) is 0 Å². The molecule has 314 valence electrons. The van der Waals surface area contributed by atoms with E-state index in [2.05, 4.69) is 72.0 Å². The highest BCUT2D eigenvalue weighted by molar-refractivity contribution is 6.74. The third-order valence-electron chi connectivity index (χ3n) is 9.56. The normalized spacial score (nSPS) is 16.9. The molecule has 17 heteroatoms. The number of halogens is 13. The maximum Gasteiger partial charge on any atom is 0.460 e. The van der Waals surface area contributed by atoms with Crippen LogP contribution in [0.15, 0.2) is 48.6 Å². The summed E-state index contributed by atoms with van der Waals surface area (Å²) in [5.41, 5.74) is 0.665. The zero-order valence-corrected chi connectivity index (χ0v) is 33.0. The minimum absolute atomic E-state index is 0.0111. The third kappa shape index (κ3) is 12.6. The second kappa shape index (κ2) is 18.8. The van der Waals surface area contributed by atoms with Crippen molar-refractivity contribution in [2.75, 3.05) is 13.2 Å². The Bertz CT molecular complexity index is 1340. The zero-order valence-electron chi connectivity index (χ0n) is 32.0. The van der Waals surface area contributed by atoms with Crippen LogP contribution in [0, 0.1) is 17.8 Å². The van der Waals surface area contributed by atoms with Crippen LogP contribution >= 0.6 is 0 Å². The minimum atomic E-state index is -7.91. The molecule has 1 aromatic rings. The average Bonchev–Trinajstić information content (AvgIpc) is 3.03. The quantitative estimate of drug-likeness (QED) is 0.0505. The van der Waals surface area contributed by atoms with E-state index in [1.165, 1.54) is 24.3 Å². The Morgan fingerprint density at radius 2 is 1.20 bits per heavy atom. The summed E-state index contributed by atoms with van der Waals surface area (Å²) in [4.78, 5) is 0. The van der Waals surface area contributed by atoms with Gasteiger partial charge in [-0.2, -0.15) is 57.1 Å². The molecule has 0 amide bonds. The maximum absolute atomic E-state index is 14.0. The molecule has 1 aromatic carbocycles. The minimum Gasteiger partial charge on any atom is -0.494 e. The fourth-order valence-corrected chi connectivity index (χ4v) is 5.56. The number of hydrogen-bond donors (Lipinski definition) is 0. The molecule has 0 N–H and O–H groups in total. The van der Waals surface area contributed by atoms with Gasteiger partial charge in [0.2, 0.25) is 0 Å². The molecule has 0 aliphatic rings. The predicted molar refractivity (Wildman–Crippen MR) is 184 cm³/mol. The summed E-state index contributed by atoms with van der Waals surface area (Å²) in [5, 5.41) is 0.169. The predicted octanol–water partition coefficient (Wildman–Crippen LogP) is 13.3. The number of hydrogen-bond acceptors (Lipinski definition) is 3. The van der Waals surface area contributed by atoms with Crippen LogP contribution in [0.2, 0.25) is 18.1 Å². The SMILES string of the molecule is C[C@@H](C/C=C/[C@H](C)C/C=C/[C@H](C)[C@@H](C)OCc1ccc(OCCCC(F)(F)C(F)(F)C(F)(F)C(F)(F)C(F)(F)C(F)(F)F)cc1)CO[Si](C)(C)C(C)(C)C. The van der Waals surface area contributed by atoms with Crippen LogP contribution in [-0.2, 0) is 15.8 Å². The van der Waals surface area contributed by atoms with E-state index in [0.29, 0.717) is 17.4 Å². The van der Waals surface area contributed by atoms with Crippen LogP contribution < -0.4 is 4.74 Å². The van der Waals surface area contributed by atoms with Gasteiger partial charge < -0.3 is 13.9 Å². The van der Waals surface area contributed by atoms with Gasteiger partial charge in [0.05, 0.1) is 19.3 Å². The Labute approximate surface area is 310 Å². The van der Waals surface area contributed by atoms with Crippen LogP contribution in [0.25, 0.3) is 0 Å². The van der Waals surface area contributed by atoms with E-state index in [0.717, 1.165) is 19.4 Å². The Morgan fingerprint density at radius 3 is 1.72 bits per heavy atom. The standard InChI is InChI=1S/C37H53F13O3Si/c1-25(13-10-15-26(2)23-53-54(8,9)31(5,6)7)14-11-16-27(3)28(4)52-24-29-17-19-30(20-18-29)51-22-12-21-32(38,39)33(40,41)34(42,43)35(44,45)36(46,47)37(48,49)50/h10-11,13,16-20,25-28H,12,14-15,21-24H2,1-9H3/b13-10+,16-11+/t25-,26-,27-,28+/m0/s1. The van der Waals surface area contributed by atoms with Crippen LogP contribution in [0.5, 0.6) is 5.75 Å². The zero-order chi connectivity index (χ0) is 42.2. The van der Waals surface area contributed by atoms with Gasteiger partial charge in [-0.25, -0.2) is 0 Å². The number of benzene rings is 1. The monoisotopic (exact) mass is 820 g/mol. The van der Waals surface area contributed by atoms with Gasteiger partial charge in [-0.15, -0.1) is 0 Å². The number of allylic oxidation sites excluding steroid dienone is 3. The van der Waals surface area contributed by atoms with Crippen molar-refractivity contribution in [3.8, 4) is 5.75 Å². The molecule has 0 saturated heterocycles. The van der Waals surface area contributed by atoms with E-state index in [1.807, 2.05) is 13.8 Å². The topological polar surface area (TPSA) is 27.7 Å². The van der Waals surface area contributed by atoms with Crippen molar-refractivity contribution in [2.24, 2.45) is 17.8 Å². The number of ether oxygens (including phenoxy) is 2. The second-order valence-electron chi connectivity index (χ2n) is 15.5. The van der Waals surface area contributed by atoms with Gasteiger partial charge in [0.1, 0.15) is 5.75 Å². The van der Waals surface area contributed by atoms with Crippen LogP contribution in [0.4, 0.5) is 57.1 Å². The third-order valence-corrected chi connectivity index (χ3v) is 14.1. The first kappa shape index (κ1) is 49.7. The molecule has 0 saturated carbocycles. The van der Waals surface area contributed by atoms with Crippen molar-refractivity contribution in [1.29, 1.82) is 0 Å². The molecule has 3 nitrogen and oxygen atoms in total. The van der Waals surface area contributed by atoms with Gasteiger partial charge in [0.15, 0.2) is 8.32 Å². The summed E-state index contributed by atoms with van der Waals surface area (Å²) in [6, 6.07) is 5.77. The molecule has 0 fully saturated rings. The van der Waals surface area contributed by atoms with E-state index >= 15 is 0 Å². The molecule has 0 bridgehead atoms. The molecule has 1 rings (SSSR count). The van der Waals surface area contributed by atoms with Crippen LogP contribution in [0.1, 0.15) is 79.7 Å². The average molecular weight is 821 g/mol. The Hall–Kier alpha value is -2.27. The van der Waals surface area contributed by atoms with Crippen molar-refractivity contribution < 1.29 is 71.0 Å². The van der Waals surface area contributed by atoms with Crippen molar-refractivity contribution in [1.82, 2.24) is 0 Å². The highest BCUT2D eigenvalue weighted by Gasteiger charge is 2.90. The largest absolute Gasteiger partial charge is 0.494 e. The highest BCUT2D eigenvalue weighted by atomic mass is 28.4. The molecule has 0 aromatic heterocycles. The summed E-state index contributed by atoms with van der Waals surface area (Å²) in [6.07, 6.45) is -0.789. The lowest BCUT2D eigenvalue weighted by atomic mass is 9.92. The summed E-state index contributed by atoms with van der Waals surface area (Å²) >= 11 is 0. The summed E-state index contributed by atoms with van der Waals surface area (Å²) in [5.74, 6) is -36.0. The van der Waals surface area contributed by atoms with Crippen molar-refractivity contribution in [3.05, 3.63) is 54.1 Å². The molecular weight excluding hydrogens is 767 g/mol. The molecule has 0 aliphatic carbocycles. The highest BCUT2D eigenvalue weighted by Crippen LogP contribution is 2.60. The van der Waals surface area contributed by atoms with Gasteiger partial charge in [-0.05, 0) is 79.8 Å². The first-order valence-corrected chi connectivity index (χ1v) is 20.4. The van der Waals surface area contributed by atoms with Gasteiger partial charge >= 0.3 is 35.8 Å². The summed E-state index contributed by atoms with van der Waals surface area (Å²) in [6.45, 7) is 19.4. The Morgan fingerprint density at radius 1 is 0.685 bits per heavy atom. The second-order valence-corrected chi connectivity index (χ2v) is 20.3. The van der Waals surface area contributed by atoms with Crippen molar-refractivity contribution in [2.45, 2.75) is 141 Å². The smallest absolute Gasteiger partial charge is 0.460 e. The van der Waals surface area contributed by atoms with E-state index in [-0.39, 0.29) is 29.4 Å². The summed E-state index contributed by atoms with van der Waals surface area (Å²) < 4.78 is 190. The molecule has 0 radical (unpaired) electrons. The maximum atomic E-state index is 14.0. The van der Waals surface area contributed by atoms with Crippen LogP contribution in [0.3, 0.4) is 0 Å². The fourth-order valence-electron chi connectivity index (χ4n) is 4.43. The Kier molecular flexibility index (Phi) is 17.3. The van der Waals surface area contributed by atoms with E-state index in [4.69, 9.17) is 13.9 Å². The molecular formula is C37H53F13O3Si. The molecule has 0 aliphatic heterocycles. The molecule has 4 atom stereocenters. The van der Waals surface area contributed by atoms with Crippen molar-refractivity contribution >= 4 is 8.32 Å². The first-order valence-electron chi connectivity index (χ1n) is 17.5. The molecule has 0 heterocycles. The summed E-state index contributed by atoms with van der Waals surface area (Å²) in [7, 11) is -1.78. The molecule has 0 spiro atoms. The van der Waals surface area contributed by atoms with Gasteiger partial charge in [0.25, 0.3) is 0 Å². The molecule has 54 heavy (non-hydrogen) atoms. The first-order chi connectivity index (χ1) is 24.2. The van der Waals surface area contributed by atoms with Gasteiger partial charge in [-0.1, -0.05) is 78.0 Å². The number of rotatable bonds is 22. The lowest BCUT2D eigenvalue weighted by molar-refractivity contribution is -0.440. The lowest BCUT2D eigenvalue weighted by Gasteiger charge is -2.39. The van der Waals surface area contributed by atoms with E-state index in [1.54, 1.807) is 0 Å². The van der Waals surface area contributed by atoms with E-state index < -0.39 is 63.6 Å². The lowest BCUT2D eigenvalue weighted by Crippen LogP contribution is -2.70. The van der Waals surface area contributed by atoms with Crippen molar-refractivity contribution in [3.63, 3.8) is 0 Å². The van der Waals surface area contributed by atoms with Gasteiger partial charge in [0, 0.05) is 13.0 Å². The van der Waals surface area contributed by atoms with Crippen LogP contribution in [-0.4, -0.2) is 63.4 Å². The Balaban J connectivity index is 2.56. The van der Waals surface area contributed by atoms with E-state index in [9.17, 15) is 57.1 Å². The fraction of sp³-hybridized carbons (Fsp3) is 0.730. The number of alkyl halides is 13. The molecule has 0 unspecified atom stereocenters.